The van der Waals surface area contributed by atoms with Gasteiger partial charge in [-0.3, -0.25) is 0 Å². The van der Waals surface area contributed by atoms with Crippen LogP contribution in [0.4, 0.5) is 5.69 Å². The van der Waals surface area contributed by atoms with E-state index < -0.39 is 0 Å². The van der Waals surface area contributed by atoms with E-state index in [2.05, 4.69) is 80.2 Å². The van der Waals surface area contributed by atoms with Gasteiger partial charge in [-0.1, -0.05) is 59.1 Å². The Balaban J connectivity index is -0.0000000491. The molecular weight excluding hydrogens is 603 g/mol. The molecule has 1 rings (SSSR count). The van der Waals surface area contributed by atoms with Crippen LogP contribution in [-0.2, 0) is 39.2 Å². The zero-order chi connectivity index (χ0) is 18.9. The summed E-state index contributed by atoms with van der Waals surface area (Å²) in [5.41, 5.74) is 1.22. The van der Waals surface area contributed by atoms with E-state index >= 15 is 0 Å². The average molecular weight is 645 g/mol. The summed E-state index contributed by atoms with van der Waals surface area (Å²) >= 11 is 2.22. The second kappa shape index (κ2) is 44.3. The SMILES string of the molecule is CCCC.CN(C)c1cc[c-]cc1.[CH2-]CCC.[CH2-]CCC.[CH3-].[Cl][Pd+].[Pt]. The van der Waals surface area contributed by atoms with E-state index in [1.807, 2.05) is 38.4 Å². The number of hydrogen-bond acceptors (Lipinski definition) is 1. The fraction of sp³-hybridized carbons (Fsp3) is 0.571. The normalized spacial score (nSPS) is 7.16. The van der Waals surface area contributed by atoms with Gasteiger partial charge in [0.1, 0.15) is 0 Å². The predicted octanol–water partition coefficient (Wildman–Crippen LogP) is 7.74. The Labute approximate surface area is 190 Å². The topological polar surface area (TPSA) is 3.24 Å². The van der Waals surface area contributed by atoms with E-state index in [1.54, 1.807) is 0 Å². The molecule has 0 saturated heterocycles. The fourth-order valence-electron chi connectivity index (χ4n) is 0.676. The Morgan fingerprint density at radius 3 is 1.28 bits per heavy atom. The second-order valence-electron chi connectivity index (χ2n) is 4.86. The molecule has 0 amide bonds. The van der Waals surface area contributed by atoms with Crippen molar-refractivity contribution < 1.29 is 39.2 Å². The summed E-state index contributed by atoms with van der Waals surface area (Å²) in [4.78, 5) is 2.06. The van der Waals surface area contributed by atoms with Crippen LogP contribution in [0, 0.1) is 27.3 Å². The third-order valence-electron chi connectivity index (χ3n) is 2.42. The van der Waals surface area contributed by atoms with Gasteiger partial charge in [-0.25, -0.2) is 0 Å². The number of nitrogens with zero attached hydrogens (tertiary/aromatic N) is 1. The van der Waals surface area contributed by atoms with Crippen molar-refractivity contribution in [3.05, 3.63) is 51.6 Å². The Morgan fingerprint density at radius 1 is 0.880 bits per heavy atom. The van der Waals surface area contributed by atoms with Crippen molar-refractivity contribution in [1.29, 1.82) is 0 Å². The predicted molar refractivity (Wildman–Crippen MR) is 113 cm³/mol. The smallest absolute Gasteiger partial charge is 0 e. The monoisotopic (exact) mass is 643 g/mol. The van der Waals surface area contributed by atoms with Crippen molar-refractivity contribution in [2.75, 3.05) is 19.0 Å². The number of unbranched alkanes of at least 4 members (excludes halogenated alkanes) is 3. The Hall–Kier alpha value is 0.661. The van der Waals surface area contributed by atoms with Gasteiger partial charge in [-0.2, -0.15) is 31.0 Å². The van der Waals surface area contributed by atoms with Crippen LogP contribution in [-0.4, -0.2) is 14.1 Å². The molecular formula is C21H41ClNPdPt-3. The van der Waals surface area contributed by atoms with Crippen molar-refractivity contribution in [3.63, 3.8) is 0 Å². The summed E-state index contributed by atoms with van der Waals surface area (Å²) in [5.74, 6) is 0. The van der Waals surface area contributed by atoms with Gasteiger partial charge in [0.2, 0.25) is 0 Å². The molecule has 4 heteroatoms. The van der Waals surface area contributed by atoms with Crippen molar-refractivity contribution in [2.45, 2.75) is 66.2 Å². The molecule has 0 aromatic heterocycles. The molecule has 0 unspecified atom stereocenters. The summed E-state index contributed by atoms with van der Waals surface area (Å²) < 4.78 is 0. The molecule has 0 aliphatic rings. The molecule has 0 bridgehead atoms. The van der Waals surface area contributed by atoms with Crippen LogP contribution in [0.2, 0.25) is 0 Å². The molecule has 1 aromatic rings. The number of anilines is 1. The summed E-state index contributed by atoms with van der Waals surface area (Å²) in [6.07, 6.45) is 7.19. The maximum absolute atomic E-state index is 4.49. The van der Waals surface area contributed by atoms with Gasteiger partial charge in [0.25, 0.3) is 0 Å². The van der Waals surface area contributed by atoms with E-state index in [4.69, 9.17) is 0 Å². The van der Waals surface area contributed by atoms with E-state index in [-0.39, 0.29) is 28.5 Å². The molecule has 25 heavy (non-hydrogen) atoms. The van der Waals surface area contributed by atoms with Gasteiger partial charge in [0, 0.05) is 35.2 Å². The number of rotatable bonds is 4. The second-order valence-corrected chi connectivity index (χ2v) is 4.86. The summed E-state index contributed by atoms with van der Waals surface area (Å²) in [5, 5.41) is 0. The standard InChI is InChI=1S/C8H10N.C4H10.2C4H9.CH3.ClH.Pd.Pt/c1-9(2)8-6-4-3-5-7-8;3*1-3-4-2;;;;/h4-7H,1-2H3;3-4H2,1-2H3;2*1,3-4H2,2H3;1H3;1H;;/q-1;;3*-1;;+2;/p-1. The first-order valence-corrected chi connectivity index (χ1v) is 10.4. The number of halogens is 1. The molecule has 0 aliphatic heterocycles. The van der Waals surface area contributed by atoms with Gasteiger partial charge in [0.05, 0.1) is 0 Å². The van der Waals surface area contributed by atoms with Crippen molar-refractivity contribution in [1.82, 2.24) is 0 Å². The number of benzene rings is 1. The van der Waals surface area contributed by atoms with Crippen molar-refractivity contribution in [3.8, 4) is 0 Å². The third kappa shape index (κ3) is 51.6. The van der Waals surface area contributed by atoms with Gasteiger partial charge in [-0.15, -0.1) is 12.1 Å². The van der Waals surface area contributed by atoms with E-state index in [1.165, 1.54) is 31.4 Å². The van der Waals surface area contributed by atoms with Crippen LogP contribution in [0.25, 0.3) is 0 Å². The van der Waals surface area contributed by atoms with Gasteiger partial charge >= 0.3 is 27.7 Å². The summed E-state index contributed by atoms with van der Waals surface area (Å²) in [6.45, 7) is 15.8. The first-order chi connectivity index (χ1) is 11.0. The van der Waals surface area contributed by atoms with E-state index in [0.29, 0.717) is 0 Å². The molecule has 160 valence electrons. The Kier molecular flexibility index (Phi) is 71.5. The van der Waals surface area contributed by atoms with Crippen molar-refractivity contribution >= 4 is 15.2 Å². The molecule has 0 N–H and O–H groups in total. The van der Waals surface area contributed by atoms with Crippen LogP contribution in [0.1, 0.15) is 66.2 Å². The minimum absolute atomic E-state index is 0. The van der Waals surface area contributed by atoms with Crippen molar-refractivity contribution in [2.24, 2.45) is 0 Å². The first-order valence-electron chi connectivity index (χ1n) is 8.39. The zero-order valence-corrected chi connectivity index (χ0v) is 22.0. The molecule has 0 spiro atoms. The molecule has 0 heterocycles. The van der Waals surface area contributed by atoms with Crippen LogP contribution >= 0.6 is 9.53 Å². The zero-order valence-electron chi connectivity index (χ0n) is 17.4. The molecule has 1 nitrogen and oxygen atoms in total. The largest absolute Gasteiger partial charge is 0 e. The summed E-state index contributed by atoms with van der Waals surface area (Å²) in [6, 6.07) is 10.8. The van der Waals surface area contributed by atoms with Crippen LogP contribution in [0.5, 0.6) is 0 Å². The maximum atomic E-state index is 4.49. The first kappa shape index (κ1) is 40.4. The molecule has 0 fully saturated rings. The quantitative estimate of drug-likeness (QED) is 0.240. The number of hydrogen-bond donors (Lipinski definition) is 0. The summed E-state index contributed by atoms with van der Waals surface area (Å²) in [7, 11) is 8.54. The van der Waals surface area contributed by atoms with E-state index in [9.17, 15) is 0 Å². The van der Waals surface area contributed by atoms with Gasteiger partial charge in [-0.05, 0) is 0 Å². The van der Waals surface area contributed by atoms with Crippen LogP contribution in [0.3, 0.4) is 0 Å². The van der Waals surface area contributed by atoms with Crippen LogP contribution in [0.15, 0.2) is 24.3 Å². The molecule has 0 atom stereocenters. The van der Waals surface area contributed by atoms with E-state index in [0.717, 1.165) is 12.8 Å². The minimum atomic E-state index is 0. The van der Waals surface area contributed by atoms with Crippen LogP contribution < -0.4 is 4.90 Å². The minimum Gasteiger partial charge on any atom is 0 e. The third-order valence-corrected chi connectivity index (χ3v) is 2.42. The molecule has 0 saturated carbocycles. The fourth-order valence-corrected chi connectivity index (χ4v) is 0.676. The molecule has 0 radical (unpaired) electrons. The van der Waals surface area contributed by atoms with Gasteiger partial charge < -0.3 is 26.2 Å². The average Bonchev–Trinajstić information content (AvgIpc) is 2.64. The van der Waals surface area contributed by atoms with Gasteiger partial charge in [0.15, 0.2) is 0 Å². The molecule has 0 aliphatic carbocycles. The maximum Gasteiger partial charge on any atom is 0 e. The molecule has 1 aromatic carbocycles. The Morgan fingerprint density at radius 2 is 1.16 bits per heavy atom. The Bertz CT molecular complexity index is 244.